The molecule has 218 valence electrons. The molecule has 39 heavy (non-hydrogen) atoms. The highest BCUT2D eigenvalue weighted by Gasteiger charge is 2.36. The number of rotatable bonds is 17. The zero-order valence-electron chi connectivity index (χ0n) is 24.6. The summed E-state index contributed by atoms with van der Waals surface area (Å²) in [5.41, 5.74) is 0.413. The summed E-state index contributed by atoms with van der Waals surface area (Å²) in [6.07, 6.45) is 14.1. The minimum atomic E-state index is -0.975. The lowest BCUT2D eigenvalue weighted by atomic mass is 9.97. The van der Waals surface area contributed by atoms with Gasteiger partial charge in [-0.05, 0) is 45.2 Å². The van der Waals surface area contributed by atoms with Gasteiger partial charge in [0.2, 0.25) is 11.8 Å². The summed E-state index contributed by atoms with van der Waals surface area (Å²) < 4.78 is 5.38. The Kier molecular flexibility index (Phi) is 16.4. The maximum Gasteiger partial charge on any atom is 0.408 e. The Morgan fingerprint density at radius 1 is 1.00 bits per heavy atom. The van der Waals surface area contributed by atoms with Crippen molar-refractivity contribution in [3.63, 3.8) is 0 Å². The largest absolute Gasteiger partial charge is 0.444 e. The molecule has 0 radical (unpaired) electrons. The molecule has 0 fully saturated rings. The molecule has 3 amide bonds. The van der Waals surface area contributed by atoms with E-state index < -0.39 is 29.7 Å². The van der Waals surface area contributed by atoms with E-state index >= 15 is 0 Å². The lowest BCUT2D eigenvalue weighted by molar-refractivity contribution is -0.142. The molecule has 8 heteroatoms. The monoisotopic (exact) mass is 559 g/mol. The summed E-state index contributed by atoms with van der Waals surface area (Å²) in [4.78, 5) is 41.8. The van der Waals surface area contributed by atoms with E-state index in [-0.39, 0.29) is 11.7 Å². The van der Waals surface area contributed by atoms with Crippen molar-refractivity contribution >= 4 is 30.5 Å². The number of unbranched alkanes of at least 4 members (excludes halogenated alkanes) is 7. The fraction of sp³-hybridized carbons (Fsp3) is 0.645. The second kappa shape index (κ2) is 18.6. The highest BCUT2D eigenvalue weighted by Crippen LogP contribution is 2.27. The summed E-state index contributed by atoms with van der Waals surface area (Å²) in [5, 5.41) is 5.67. The van der Waals surface area contributed by atoms with Crippen LogP contribution in [0, 0.1) is 12.3 Å². The molecule has 2 unspecified atom stereocenters. The number of nitrogens with zero attached hydrogens (tertiary/aromatic N) is 1. The Morgan fingerprint density at radius 2 is 1.62 bits per heavy atom. The molecule has 0 aliphatic heterocycles. The second-order valence-electron chi connectivity index (χ2n) is 10.8. The SMILES string of the molecule is C#Cc1ccccc1C(C(=O)NCCCCC)N(CCCCCCCC)C(=O)C(CS)NC(=O)OC(C)(C)C. The molecule has 0 saturated carbocycles. The summed E-state index contributed by atoms with van der Waals surface area (Å²) in [6.45, 7) is 10.4. The predicted molar refractivity (Wildman–Crippen MR) is 162 cm³/mol. The van der Waals surface area contributed by atoms with Crippen molar-refractivity contribution in [3.8, 4) is 12.3 Å². The Morgan fingerprint density at radius 3 is 2.23 bits per heavy atom. The van der Waals surface area contributed by atoms with Crippen LogP contribution in [0.2, 0.25) is 0 Å². The number of nitrogens with one attached hydrogen (secondary N) is 2. The third-order valence-corrected chi connectivity index (χ3v) is 6.62. The number of thiol groups is 1. The standard InChI is InChI=1S/C31H49N3O4S/c1-7-10-12-13-14-18-22-34(29(36)26(23-39)33-30(37)38-31(4,5)6)27(28(35)32-21-17-11-8-2)25-20-16-15-19-24(25)9-3/h3,15-16,19-20,26-27,39H,7-8,10-14,17-18,21-23H2,1-2,4-6H3,(H,32,35)(H,33,37). The first-order valence-electron chi connectivity index (χ1n) is 14.3. The average molecular weight is 560 g/mol. The van der Waals surface area contributed by atoms with Crippen molar-refractivity contribution in [3.05, 3.63) is 35.4 Å². The summed E-state index contributed by atoms with van der Waals surface area (Å²) in [7, 11) is 0. The van der Waals surface area contributed by atoms with E-state index in [1.807, 2.05) is 12.1 Å². The minimum absolute atomic E-state index is 0.0483. The molecule has 2 N–H and O–H groups in total. The number of hydrogen-bond acceptors (Lipinski definition) is 5. The highest BCUT2D eigenvalue weighted by molar-refractivity contribution is 7.80. The number of amides is 3. The fourth-order valence-electron chi connectivity index (χ4n) is 4.27. The van der Waals surface area contributed by atoms with Gasteiger partial charge in [0.05, 0.1) is 0 Å². The Bertz CT molecular complexity index is 938. The van der Waals surface area contributed by atoms with Crippen LogP contribution in [0.4, 0.5) is 4.79 Å². The molecule has 0 aromatic heterocycles. The molecule has 1 aromatic carbocycles. The maximum atomic E-state index is 14.0. The van der Waals surface area contributed by atoms with E-state index in [2.05, 4.69) is 43.0 Å². The van der Waals surface area contributed by atoms with E-state index in [4.69, 9.17) is 11.2 Å². The highest BCUT2D eigenvalue weighted by atomic mass is 32.1. The molecule has 0 heterocycles. The number of carbonyl (C=O) groups is 3. The van der Waals surface area contributed by atoms with Crippen LogP contribution in [0.15, 0.2) is 24.3 Å². The van der Waals surface area contributed by atoms with Crippen LogP contribution in [0.3, 0.4) is 0 Å². The second-order valence-corrected chi connectivity index (χ2v) is 11.2. The molecule has 2 atom stereocenters. The van der Waals surface area contributed by atoms with Gasteiger partial charge in [0, 0.05) is 24.4 Å². The smallest absolute Gasteiger partial charge is 0.408 e. The van der Waals surface area contributed by atoms with Gasteiger partial charge in [-0.25, -0.2) is 4.79 Å². The van der Waals surface area contributed by atoms with Crippen LogP contribution in [-0.2, 0) is 14.3 Å². The van der Waals surface area contributed by atoms with Crippen molar-refractivity contribution in [2.75, 3.05) is 18.8 Å². The minimum Gasteiger partial charge on any atom is -0.444 e. The van der Waals surface area contributed by atoms with Gasteiger partial charge in [-0.3, -0.25) is 9.59 Å². The zero-order valence-corrected chi connectivity index (χ0v) is 25.4. The molecule has 0 aliphatic carbocycles. The number of carbonyl (C=O) groups excluding carboxylic acids is 3. The van der Waals surface area contributed by atoms with Gasteiger partial charge in [-0.2, -0.15) is 12.6 Å². The predicted octanol–water partition coefficient (Wildman–Crippen LogP) is 6.03. The molecule has 1 rings (SSSR count). The quantitative estimate of drug-likeness (QED) is 0.124. The number of terminal acetylenes is 1. The third kappa shape index (κ3) is 12.8. The van der Waals surface area contributed by atoms with E-state index in [0.29, 0.717) is 24.2 Å². The Balaban J connectivity index is 3.38. The molecule has 7 nitrogen and oxygen atoms in total. The van der Waals surface area contributed by atoms with Crippen LogP contribution in [-0.4, -0.2) is 53.3 Å². The van der Waals surface area contributed by atoms with Crippen LogP contribution in [0.5, 0.6) is 0 Å². The van der Waals surface area contributed by atoms with E-state index in [1.165, 1.54) is 6.42 Å². The van der Waals surface area contributed by atoms with Gasteiger partial charge < -0.3 is 20.3 Å². The van der Waals surface area contributed by atoms with Gasteiger partial charge in [0.1, 0.15) is 17.7 Å². The topological polar surface area (TPSA) is 87.7 Å². The normalized spacial score (nSPS) is 12.6. The van der Waals surface area contributed by atoms with Gasteiger partial charge in [-0.1, -0.05) is 82.9 Å². The van der Waals surface area contributed by atoms with Crippen LogP contribution < -0.4 is 10.6 Å². The van der Waals surface area contributed by atoms with Crippen molar-refractivity contribution in [1.82, 2.24) is 15.5 Å². The number of alkyl carbamates (subject to hydrolysis) is 1. The van der Waals surface area contributed by atoms with Crippen LogP contribution >= 0.6 is 12.6 Å². The van der Waals surface area contributed by atoms with Gasteiger partial charge in [0.15, 0.2) is 0 Å². The Labute approximate surface area is 241 Å². The lowest BCUT2D eigenvalue weighted by Gasteiger charge is -2.34. The summed E-state index contributed by atoms with van der Waals surface area (Å²) >= 11 is 4.36. The van der Waals surface area contributed by atoms with Crippen molar-refractivity contribution in [2.45, 2.75) is 110 Å². The van der Waals surface area contributed by atoms with Crippen molar-refractivity contribution < 1.29 is 19.1 Å². The molecule has 0 bridgehead atoms. The number of ether oxygens (including phenoxy) is 1. The van der Waals surface area contributed by atoms with Crippen molar-refractivity contribution in [2.24, 2.45) is 0 Å². The Hall–Kier alpha value is -2.66. The van der Waals surface area contributed by atoms with E-state index in [0.717, 1.165) is 51.4 Å². The number of hydrogen-bond donors (Lipinski definition) is 3. The molecule has 0 saturated heterocycles. The molecule has 0 aliphatic rings. The first-order chi connectivity index (χ1) is 18.6. The van der Waals surface area contributed by atoms with Crippen molar-refractivity contribution in [1.29, 1.82) is 0 Å². The van der Waals surface area contributed by atoms with Crippen LogP contribution in [0.1, 0.15) is 110 Å². The first kappa shape index (κ1) is 34.4. The average Bonchev–Trinajstić information content (AvgIpc) is 2.89. The maximum absolute atomic E-state index is 14.0. The number of benzene rings is 1. The van der Waals surface area contributed by atoms with E-state index in [1.54, 1.807) is 37.8 Å². The lowest BCUT2D eigenvalue weighted by Crippen LogP contribution is -2.54. The summed E-state index contributed by atoms with van der Waals surface area (Å²) in [6, 6.07) is 5.28. The molecule has 0 spiro atoms. The summed E-state index contributed by atoms with van der Waals surface area (Å²) in [5.74, 6) is 2.03. The zero-order chi connectivity index (χ0) is 29.3. The van der Waals surface area contributed by atoms with Gasteiger partial charge >= 0.3 is 6.09 Å². The molecule has 1 aromatic rings. The van der Waals surface area contributed by atoms with Gasteiger partial charge in [0.25, 0.3) is 0 Å². The first-order valence-corrected chi connectivity index (χ1v) is 15.0. The third-order valence-electron chi connectivity index (χ3n) is 6.26. The fourth-order valence-corrected chi connectivity index (χ4v) is 4.51. The van der Waals surface area contributed by atoms with Crippen LogP contribution in [0.25, 0.3) is 0 Å². The molecular formula is C31H49N3O4S. The molecular weight excluding hydrogens is 510 g/mol. The van der Waals surface area contributed by atoms with E-state index in [9.17, 15) is 14.4 Å². The van der Waals surface area contributed by atoms with Gasteiger partial charge in [-0.15, -0.1) is 6.42 Å².